The van der Waals surface area contributed by atoms with Gasteiger partial charge in [0.05, 0.1) is 12.8 Å². The summed E-state index contributed by atoms with van der Waals surface area (Å²) in [5.74, 6) is 5.92. The van der Waals surface area contributed by atoms with Gasteiger partial charge in [0.1, 0.15) is 0 Å². The van der Waals surface area contributed by atoms with Crippen LogP contribution in [0.5, 0.6) is 0 Å². The number of carbonyl (C=O) groups is 1. The highest BCUT2D eigenvalue weighted by atomic mass is 16.3. The van der Waals surface area contributed by atoms with E-state index in [9.17, 15) is 4.79 Å². The number of nitrogens with two attached hydrogens (primary N) is 1. The highest BCUT2D eigenvalue weighted by molar-refractivity contribution is 5.92. The zero-order chi connectivity index (χ0) is 14.4. The molecule has 0 aliphatic carbocycles. The predicted molar refractivity (Wildman–Crippen MR) is 77.0 cm³/mol. The van der Waals surface area contributed by atoms with Gasteiger partial charge in [0.15, 0.2) is 5.76 Å². The second-order valence-corrected chi connectivity index (χ2v) is 4.28. The summed E-state index contributed by atoms with van der Waals surface area (Å²) in [6, 6.07) is 9.41. The van der Waals surface area contributed by atoms with E-state index in [4.69, 9.17) is 10.2 Å². The van der Waals surface area contributed by atoms with Gasteiger partial charge in [-0.25, -0.2) is 0 Å². The van der Waals surface area contributed by atoms with Crippen LogP contribution in [-0.4, -0.2) is 12.5 Å². The lowest BCUT2D eigenvalue weighted by atomic mass is 10.1. The smallest absolute Gasteiger partial charge is 0.287 e. The average Bonchev–Trinajstić information content (AvgIpc) is 2.89. The Morgan fingerprint density at radius 1 is 1.35 bits per heavy atom. The Hall–Kier alpha value is -2.51. The molecule has 0 fully saturated rings. The molecule has 1 aromatic carbocycles. The van der Waals surface area contributed by atoms with E-state index in [1.54, 1.807) is 6.07 Å². The van der Waals surface area contributed by atoms with Gasteiger partial charge < -0.3 is 15.5 Å². The standard InChI is InChI=1S/C16H16N2O2/c1-12-8-10-20-15(12)16(19)18-11-14-6-3-2-5-13(14)7-4-9-17/h2-3,5-6,8,10H,9,11,17H2,1H3,(H,18,19). The fourth-order valence-electron chi connectivity index (χ4n) is 1.80. The summed E-state index contributed by atoms with van der Waals surface area (Å²) in [7, 11) is 0. The summed E-state index contributed by atoms with van der Waals surface area (Å²) >= 11 is 0. The van der Waals surface area contributed by atoms with Crippen LogP contribution < -0.4 is 11.1 Å². The Morgan fingerprint density at radius 2 is 2.15 bits per heavy atom. The van der Waals surface area contributed by atoms with Crippen LogP contribution >= 0.6 is 0 Å². The Balaban J connectivity index is 2.08. The van der Waals surface area contributed by atoms with Gasteiger partial charge in [-0.1, -0.05) is 30.0 Å². The molecule has 0 atom stereocenters. The number of hydrogen-bond donors (Lipinski definition) is 2. The topological polar surface area (TPSA) is 68.3 Å². The van der Waals surface area contributed by atoms with Crippen molar-refractivity contribution in [1.82, 2.24) is 5.32 Å². The highest BCUT2D eigenvalue weighted by Crippen LogP contribution is 2.10. The molecule has 102 valence electrons. The molecule has 4 heteroatoms. The van der Waals surface area contributed by atoms with Crippen molar-refractivity contribution in [3.8, 4) is 11.8 Å². The van der Waals surface area contributed by atoms with Crippen molar-refractivity contribution < 1.29 is 9.21 Å². The second kappa shape index (κ2) is 6.60. The van der Waals surface area contributed by atoms with Crippen molar-refractivity contribution >= 4 is 5.91 Å². The predicted octanol–water partition coefficient (Wildman–Crippen LogP) is 1.83. The van der Waals surface area contributed by atoms with E-state index in [0.29, 0.717) is 18.8 Å². The van der Waals surface area contributed by atoms with E-state index in [1.807, 2.05) is 31.2 Å². The van der Waals surface area contributed by atoms with Crippen LogP contribution in [0.4, 0.5) is 0 Å². The van der Waals surface area contributed by atoms with E-state index in [2.05, 4.69) is 17.2 Å². The molecule has 0 radical (unpaired) electrons. The number of aryl methyl sites for hydroxylation is 1. The molecule has 0 aliphatic rings. The third kappa shape index (κ3) is 3.28. The van der Waals surface area contributed by atoms with E-state index in [-0.39, 0.29) is 5.91 Å². The molecular formula is C16H16N2O2. The summed E-state index contributed by atoms with van der Waals surface area (Å²) < 4.78 is 5.15. The first-order chi connectivity index (χ1) is 9.72. The SMILES string of the molecule is Cc1ccoc1C(=O)NCc1ccccc1C#CCN. The van der Waals surface area contributed by atoms with Crippen LogP contribution in [0.3, 0.4) is 0 Å². The molecule has 0 aliphatic heterocycles. The Kier molecular flexibility index (Phi) is 4.59. The number of benzene rings is 1. The Bertz CT molecular complexity index is 662. The summed E-state index contributed by atoms with van der Waals surface area (Å²) in [5, 5.41) is 2.83. The Labute approximate surface area is 118 Å². The molecule has 0 bridgehead atoms. The van der Waals surface area contributed by atoms with Crippen molar-refractivity contribution in [2.75, 3.05) is 6.54 Å². The van der Waals surface area contributed by atoms with E-state index < -0.39 is 0 Å². The molecule has 1 amide bonds. The quantitative estimate of drug-likeness (QED) is 0.834. The molecule has 0 spiro atoms. The van der Waals surface area contributed by atoms with Gasteiger partial charge in [0.2, 0.25) is 0 Å². The fraction of sp³-hybridized carbons (Fsp3) is 0.188. The summed E-state index contributed by atoms with van der Waals surface area (Å²) in [4.78, 5) is 12.0. The lowest BCUT2D eigenvalue weighted by Crippen LogP contribution is -2.23. The first-order valence-electron chi connectivity index (χ1n) is 6.31. The zero-order valence-electron chi connectivity index (χ0n) is 11.3. The van der Waals surface area contributed by atoms with Crippen LogP contribution in [0, 0.1) is 18.8 Å². The average molecular weight is 268 g/mol. The summed E-state index contributed by atoms with van der Waals surface area (Å²) in [6.07, 6.45) is 1.50. The van der Waals surface area contributed by atoms with Crippen LogP contribution in [0.1, 0.15) is 27.2 Å². The number of nitrogens with one attached hydrogen (secondary N) is 1. The number of furan rings is 1. The lowest BCUT2D eigenvalue weighted by molar-refractivity contribution is 0.0922. The molecule has 4 nitrogen and oxygen atoms in total. The van der Waals surface area contributed by atoms with Crippen molar-refractivity contribution in [1.29, 1.82) is 0 Å². The molecule has 2 aromatic rings. The minimum atomic E-state index is -0.228. The van der Waals surface area contributed by atoms with Crippen LogP contribution in [-0.2, 0) is 6.54 Å². The van der Waals surface area contributed by atoms with Crippen LogP contribution in [0.15, 0.2) is 41.0 Å². The third-order valence-electron chi connectivity index (χ3n) is 2.85. The first-order valence-corrected chi connectivity index (χ1v) is 6.31. The van der Waals surface area contributed by atoms with Gasteiger partial charge in [0, 0.05) is 17.7 Å². The number of carbonyl (C=O) groups excluding carboxylic acids is 1. The highest BCUT2D eigenvalue weighted by Gasteiger charge is 2.12. The molecule has 0 unspecified atom stereocenters. The molecule has 0 saturated heterocycles. The normalized spacial score (nSPS) is 9.70. The number of amides is 1. The molecule has 1 heterocycles. The Morgan fingerprint density at radius 3 is 2.85 bits per heavy atom. The van der Waals surface area contributed by atoms with Gasteiger partial charge in [-0.05, 0) is 24.6 Å². The van der Waals surface area contributed by atoms with Crippen LogP contribution in [0.25, 0.3) is 0 Å². The van der Waals surface area contributed by atoms with Gasteiger partial charge in [-0.15, -0.1) is 0 Å². The molecule has 3 N–H and O–H groups in total. The minimum absolute atomic E-state index is 0.228. The number of hydrogen-bond acceptors (Lipinski definition) is 3. The molecule has 0 saturated carbocycles. The molecular weight excluding hydrogens is 252 g/mol. The number of rotatable bonds is 3. The lowest BCUT2D eigenvalue weighted by Gasteiger charge is -2.06. The molecule has 20 heavy (non-hydrogen) atoms. The third-order valence-corrected chi connectivity index (χ3v) is 2.85. The largest absolute Gasteiger partial charge is 0.459 e. The van der Waals surface area contributed by atoms with Gasteiger partial charge in [0.25, 0.3) is 5.91 Å². The summed E-state index contributed by atoms with van der Waals surface area (Å²) in [5.41, 5.74) is 8.01. The molecule has 1 aromatic heterocycles. The van der Waals surface area contributed by atoms with E-state index in [1.165, 1.54) is 6.26 Å². The van der Waals surface area contributed by atoms with Gasteiger partial charge in [-0.2, -0.15) is 0 Å². The fourth-order valence-corrected chi connectivity index (χ4v) is 1.80. The molecule has 2 rings (SSSR count). The maximum atomic E-state index is 12.0. The van der Waals surface area contributed by atoms with Gasteiger partial charge in [-0.3, -0.25) is 4.79 Å². The van der Waals surface area contributed by atoms with Crippen molar-refractivity contribution in [2.24, 2.45) is 5.73 Å². The minimum Gasteiger partial charge on any atom is -0.459 e. The van der Waals surface area contributed by atoms with E-state index >= 15 is 0 Å². The zero-order valence-corrected chi connectivity index (χ0v) is 11.3. The summed E-state index contributed by atoms with van der Waals surface area (Å²) in [6.45, 7) is 2.54. The maximum absolute atomic E-state index is 12.0. The van der Waals surface area contributed by atoms with Crippen molar-refractivity contribution in [3.63, 3.8) is 0 Å². The van der Waals surface area contributed by atoms with Crippen molar-refractivity contribution in [2.45, 2.75) is 13.5 Å². The van der Waals surface area contributed by atoms with Crippen molar-refractivity contribution in [3.05, 3.63) is 59.0 Å². The second-order valence-electron chi connectivity index (χ2n) is 4.28. The van der Waals surface area contributed by atoms with Gasteiger partial charge >= 0.3 is 0 Å². The monoisotopic (exact) mass is 268 g/mol. The van der Waals surface area contributed by atoms with E-state index in [0.717, 1.165) is 16.7 Å². The first kappa shape index (κ1) is 13.9. The van der Waals surface area contributed by atoms with Crippen LogP contribution in [0.2, 0.25) is 0 Å². The maximum Gasteiger partial charge on any atom is 0.287 e.